The molecule has 0 aliphatic rings. The Labute approximate surface area is 68.9 Å². The van der Waals surface area contributed by atoms with Crippen molar-refractivity contribution in [1.82, 2.24) is 0 Å². The fourth-order valence-electron chi connectivity index (χ4n) is 0.833. The number of hydrogen-bond acceptors (Lipinski definition) is 1. The lowest BCUT2D eigenvalue weighted by atomic mass is 10.2. The molecule has 1 heteroatoms. The van der Waals surface area contributed by atoms with Gasteiger partial charge in [0.25, 0.3) is 0 Å². The molecule has 0 aliphatic heterocycles. The average molecular weight is 149 g/mol. The van der Waals surface area contributed by atoms with Crippen LogP contribution in [0.25, 0.3) is 0 Å². The number of rotatable bonds is 4. The van der Waals surface area contributed by atoms with Crippen molar-refractivity contribution in [1.29, 1.82) is 0 Å². The van der Waals surface area contributed by atoms with Crippen molar-refractivity contribution < 1.29 is 0 Å². The first-order valence-corrected chi connectivity index (χ1v) is 3.66. The molecule has 0 aromatic carbocycles. The summed E-state index contributed by atoms with van der Waals surface area (Å²) in [5.41, 5.74) is 2.15. The Kier molecular flexibility index (Phi) is 5.09. The molecule has 0 saturated heterocycles. The molecule has 0 bridgehead atoms. The van der Waals surface area contributed by atoms with E-state index in [-0.39, 0.29) is 0 Å². The number of allylic oxidation sites excluding steroid dienone is 4. The van der Waals surface area contributed by atoms with Gasteiger partial charge in [0.15, 0.2) is 0 Å². The van der Waals surface area contributed by atoms with Gasteiger partial charge in [0, 0.05) is 12.1 Å². The van der Waals surface area contributed by atoms with Crippen molar-refractivity contribution in [3.63, 3.8) is 0 Å². The van der Waals surface area contributed by atoms with E-state index in [2.05, 4.69) is 18.3 Å². The molecule has 0 radical (unpaired) electrons. The van der Waals surface area contributed by atoms with Crippen LogP contribution in [0.5, 0.6) is 0 Å². The molecule has 0 unspecified atom stereocenters. The first-order chi connectivity index (χ1) is 5.26. The molecule has 0 saturated carbocycles. The number of nitrogens with zero attached hydrogens (tertiary/aromatic N) is 1. The van der Waals surface area contributed by atoms with Crippen LogP contribution in [0.2, 0.25) is 0 Å². The van der Waals surface area contributed by atoms with Gasteiger partial charge >= 0.3 is 0 Å². The summed E-state index contributed by atoms with van der Waals surface area (Å²) in [6.45, 7) is 11.1. The second kappa shape index (κ2) is 5.66. The zero-order valence-electron chi connectivity index (χ0n) is 7.30. The summed E-state index contributed by atoms with van der Waals surface area (Å²) >= 11 is 0. The van der Waals surface area contributed by atoms with Gasteiger partial charge in [-0.1, -0.05) is 18.2 Å². The van der Waals surface area contributed by atoms with Gasteiger partial charge in [-0.3, -0.25) is 4.99 Å². The highest BCUT2D eigenvalue weighted by Crippen LogP contribution is 2.10. The topological polar surface area (TPSA) is 12.4 Å². The van der Waals surface area contributed by atoms with Crippen molar-refractivity contribution in [3.05, 3.63) is 36.1 Å². The Morgan fingerprint density at radius 2 is 2.18 bits per heavy atom. The SMILES string of the molecule is C=CC/C(N=C)=C(C)\C=C/C. The van der Waals surface area contributed by atoms with E-state index in [1.54, 1.807) is 0 Å². The van der Waals surface area contributed by atoms with E-state index in [1.807, 2.05) is 32.1 Å². The molecule has 0 atom stereocenters. The summed E-state index contributed by atoms with van der Waals surface area (Å²) in [4.78, 5) is 3.90. The molecule has 0 rings (SSSR count). The molecule has 0 N–H and O–H groups in total. The van der Waals surface area contributed by atoms with Gasteiger partial charge in [-0.15, -0.1) is 6.58 Å². The van der Waals surface area contributed by atoms with Crippen LogP contribution in [0.4, 0.5) is 0 Å². The van der Waals surface area contributed by atoms with Crippen LogP contribution >= 0.6 is 0 Å². The maximum absolute atomic E-state index is 3.90. The average Bonchev–Trinajstić information content (AvgIpc) is 2.00. The third-order valence-corrected chi connectivity index (χ3v) is 1.40. The number of hydrogen-bond donors (Lipinski definition) is 0. The number of aliphatic imine (C=N–C) groups is 1. The molecule has 0 amide bonds. The van der Waals surface area contributed by atoms with Crippen molar-refractivity contribution in [2.24, 2.45) is 4.99 Å². The van der Waals surface area contributed by atoms with Gasteiger partial charge in [-0.2, -0.15) is 0 Å². The van der Waals surface area contributed by atoms with Crippen LogP contribution in [-0.2, 0) is 0 Å². The molecule has 60 valence electrons. The van der Waals surface area contributed by atoms with Gasteiger partial charge in [0.1, 0.15) is 0 Å². The summed E-state index contributed by atoms with van der Waals surface area (Å²) in [5.74, 6) is 0. The monoisotopic (exact) mass is 149 g/mol. The molecule has 0 aromatic heterocycles. The van der Waals surface area contributed by atoms with Gasteiger partial charge in [0.05, 0.1) is 0 Å². The normalized spacial score (nSPS) is 12.9. The smallest absolute Gasteiger partial charge is 0.0462 e. The fraction of sp³-hybridized carbons (Fsp3) is 0.300. The summed E-state index contributed by atoms with van der Waals surface area (Å²) < 4.78 is 0. The van der Waals surface area contributed by atoms with E-state index in [0.717, 1.165) is 17.7 Å². The molecule has 1 nitrogen and oxygen atoms in total. The molecular formula is C10H15N. The quantitative estimate of drug-likeness (QED) is 0.331. The Morgan fingerprint density at radius 3 is 2.55 bits per heavy atom. The predicted molar refractivity (Wildman–Crippen MR) is 51.9 cm³/mol. The van der Waals surface area contributed by atoms with Crippen LogP contribution in [0.3, 0.4) is 0 Å². The van der Waals surface area contributed by atoms with Gasteiger partial charge in [0.2, 0.25) is 0 Å². The maximum Gasteiger partial charge on any atom is 0.0462 e. The third-order valence-electron chi connectivity index (χ3n) is 1.40. The van der Waals surface area contributed by atoms with Crippen LogP contribution in [0.1, 0.15) is 20.3 Å². The second-order valence-corrected chi connectivity index (χ2v) is 2.28. The van der Waals surface area contributed by atoms with Crippen molar-refractivity contribution in [2.45, 2.75) is 20.3 Å². The van der Waals surface area contributed by atoms with Gasteiger partial charge in [-0.05, 0) is 26.1 Å². The van der Waals surface area contributed by atoms with E-state index >= 15 is 0 Å². The maximum atomic E-state index is 3.90. The standard InChI is InChI=1S/C10H15N/c1-5-7-9(3)10(11-4)8-6-2/h5-7H,2,4,8H2,1,3H3/b7-5-,10-9+. The summed E-state index contributed by atoms with van der Waals surface area (Å²) in [6, 6.07) is 0. The molecule has 0 spiro atoms. The molecule has 0 aromatic rings. The highest BCUT2D eigenvalue weighted by molar-refractivity contribution is 5.34. The molecule has 0 heterocycles. The van der Waals surface area contributed by atoms with Crippen molar-refractivity contribution in [3.8, 4) is 0 Å². The van der Waals surface area contributed by atoms with E-state index in [1.165, 1.54) is 0 Å². The van der Waals surface area contributed by atoms with Crippen LogP contribution in [0.15, 0.2) is 41.1 Å². The van der Waals surface area contributed by atoms with Gasteiger partial charge < -0.3 is 0 Å². The minimum atomic E-state index is 0.791. The lowest BCUT2D eigenvalue weighted by molar-refractivity contribution is 1.13. The van der Waals surface area contributed by atoms with E-state index in [9.17, 15) is 0 Å². The van der Waals surface area contributed by atoms with Gasteiger partial charge in [-0.25, -0.2) is 0 Å². The molecule has 0 fully saturated rings. The third kappa shape index (κ3) is 3.56. The van der Waals surface area contributed by atoms with Crippen molar-refractivity contribution in [2.75, 3.05) is 0 Å². The Bertz CT molecular complexity index is 197. The van der Waals surface area contributed by atoms with E-state index in [4.69, 9.17) is 0 Å². The highest BCUT2D eigenvalue weighted by Gasteiger charge is 1.92. The second-order valence-electron chi connectivity index (χ2n) is 2.28. The van der Waals surface area contributed by atoms with E-state index < -0.39 is 0 Å². The van der Waals surface area contributed by atoms with Crippen molar-refractivity contribution >= 4 is 6.72 Å². The first-order valence-electron chi connectivity index (χ1n) is 3.66. The summed E-state index contributed by atoms with van der Waals surface area (Å²) in [5, 5.41) is 0. The van der Waals surface area contributed by atoms with Crippen LogP contribution < -0.4 is 0 Å². The minimum Gasteiger partial charge on any atom is -0.268 e. The minimum absolute atomic E-state index is 0.791. The van der Waals surface area contributed by atoms with Crippen LogP contribution in [-0.4, -0.2) is 6.72 Å². The predicted octanol–water partition coefficient (Wildman–Crippen LogP) is 3.11. The zero-order chi connectivity index (χ0) is 8.69. The Balaban J connectivity index is 4.51. The lowest BCUT2D eigenvalue weighted by Gasteiger charge is -1.98. The zero-order valence-corrected chi connectivity index (χ0v) is 7.30. The lowest BCUT2D eigenvalue weighted by Crippen LogP contribution is -1.80. The molecular weight excluding hydrogens is 134 g/mol. The highest BCUT2D eigenvalue weighted by atomic mass is 14.7. The Hall–Kier alpha value is -1.11. The first kappa shape index (κ1) is 9.89. The van der Waals surface area contributed by atoms with E-state index in [0.29, 0.717) is 0 Å². The molecule has 11 heavy (non-hydrogen) atoms. The summed E-state index contributed by atoms with van der Waals surface area (Å²) in [6.07, 6.45) is 6.63. The molecule has 0 aliphatic carbocycles. The van der Waals surface area contributed by atoms with Crippen LogP contribution in [0, 0.1) is 0 Å². The summed E-state index contributed by atoms with van der Waals surface area (Å²) in [7, 11) is 0. The largest absolute Gasteiger partial charge is 0.268 e. The fourth-order valence-corrected chi connectivity index (χ4v) is 0.833. The Morgan fingerprint density at radius 1 is 1.55 bits per heavy atom.